The van der Waals surface area contributed by atoms with Crippen molar-refractivity contribution in [2.75, 3.05) is 6.61 Å². The Morgan fingerprint density at radius 3 is 2.55 bits per heavy atom. The molecule has 3 aromatic heterocycles. The molecule has 1 aliphatic rings. The lowest BCUT2D eigenvalue weighted by Gasteiger charge is -2.25. The Morgan fingerprint density at radius 2 is 1.94 bits per heavy atom. The summed E-state index contributed by atoms with van der Waals surface area (Å²) in [6, 6.07) is -0.644. The molecule has 33 heavy (non-hydrogen) atoms. The van der Waals surface area contributed by atoms with Gasteiger partial charge in [-0.15, -0.1) is 10.2 Å². The smallest absolute Gasteiger partial charge is 0.168 e. The lowest BCUT2D eigenvalue weighted by Crippen LogP contribution is -2.36. The number of ether oxygens (including phenoxy) is 1. The molecule has 0 radical (unpaired) electrons. The Labute approximate surface area is 191 Å². The summed E-state index contributed by atoms with van der Waals surface area (Å²) >= 11 is -2.54. The molecule has 13 heteroatoms. The van der Waals surface area contributed by atoms with E-state index in [1.165, 1.54) is 4.57 Å². The minimum atomic E-state index is -2.54. The molecule has 1 fully saturated rings. The maximum atomic E-state index is 14.8. The van der Waals surface area contributed by atoms with Gasteiger partial charge < -0.3 is 9.29 Å². The number of hydrogen-bond acceptors (Lipinski definition) is 8. The maximum absolute atomic E-state index is 14.8. The van der Waals surface area contributed by atoms with Crippen LogP contribution < -0.4 is 4.72 Å². The largest absolute Gasteiger partial charge is 0.760 e. The van der Waals surface area contributed by atoms with Crippen LogP contribution in [0.5, 0.6) is 0 Å². The van der Waals surface area contributed by atoms with Gasteiger partial charge in [0.15, 0.2) is 17.5 Å². The predicted octanol–water partition coefficient (Wildman–Crippen LogP) is 1.99. The third-order valence-corrected chi connectivity index (χ3v) is 6.01. The normalized spacial score (nSPS) is 18.9. The van der Waals surface area contributed by atoms with Gasteiger partial charge in [0.05, 0.1) is 12.4 Å². The molecule has 1 saturated heterocycles. The van der Waals surface area contributed by atoms with Crippen LogP contribution in [0.1, 0.15) is 54.8 Å². The Balaban J connectivity index is 1.81. The standard InChI is InChI=1S/C20H23F2N7O3S/c1-11-7-24-19(25-8-11)13(12(2)28-33(30)31)6-17-26-27-20(16-4-3-5-32-16)29(17)18-14(21)9-23-10-15(18)22/h7-10,12-13,16,28H,3-6H2,1-2H3,(H,30,31)/p-1/t12-,13-,16+/m1/s1. The summed E-state index contributed by atoms with van der Waals surface area (Å²) in [6.07, 6.45) is 6.03. The number of rotatable bonds is 8. The van der Waals surface area contributed by atoms with Gasteiger partial charge in [0.2, 0.25) is 0 Å². The highest BCUT2D eigenvalue weighted by atomic mass is 32.2. The van der Waals surface area contributed by atoms with Crippen molar-refractivity contribution in [2.45, 2.75) is 51.2 Å². The molecule has 0 saturated carbocycles. The summed E-state index contributed by atoms with van der Waals surface area (Å²) in [5.41, 5.74) is 0.461. The molecular weight excluding hydrogens is 456 g/mol. The van der Waals surface area contributed by atoms with E-state index in [4.69, 9.17) is 4.74 Å². The minimum absolute atomic E-state index is 0.0509. The van der Waals surface area contributed by atoms with Crippen molar-refractivity contribution in [3.63, 3.8) is 0 Å². The van der Waals surface area contributed by atoms with Crippen LogP contribution in [0.2, 0.25) is 0 Å². The summed E-state index contributed by atoms with van der Waals surface area (Å²) < 4.78 is 61.5. The molecule has 3 aromatic rings. The van der Waals surface area contributed by atoms with E-state index in [9.17, 15) is 17.5 Å². The summed E-state index contributed by atoms with van der Waals surface area (Å²) in [5.74, 6) is -1.53. The zero-order valence-corrected chi connectivity index (χ0v) is 18.8. The van der Waals surface area contributed by atoms with Crippen LogP contribution >= 0.6 is 0 Å². The molecule has 4 rings (SSSR count). The lowest BCUT2D eigenvalue weighted by atomic mass is 9.96. The molecule has 10 nitrogen and oxygen atoms in total. The van der Waals surface area contributed by atoms with Crippen LogP contribution in [0.25, 0.3) is 5.69 Å². The van der Waals surface area contributed by atoms with Gasteiger partial charge in [-0.2, -0.15) is 0 Å². The Morgan fingerprint density at radius 1 is 1.24 bits per heavy atom. The van der Waals surface area contributed by atoms with E-state index in [0.717, 1.165) is 24.4 Å². The fourth-order valence-electron chi connectivity index (χ4n) is 3.83. The van der Waals surface area contributed by atoms with Gasteiger partial charge in [-0.1, -0.05) is 0 Å². The number of halogens is 2. The van der Waals surface area contributed by atoms with Gasteiger partial charge >= 0.3 is 0 Å². The highest BCUT2D eigenvalue weighted by Crippen LogP contribution is 2.32. The molecule has 1 aliphatic heterocycles. The quantitative estimate of drug-likeness (QED) is 0.487. The van der Waals surface area contributed by atoms with Crippen LogP contribution in [0.3, 0.4) is 0 Å². The first-order valence-electron chi connectivity index (χ1n) is 10.3. The topological polar surface area (TPSA) is 131 Å². The number of aryl methyl sites for hydroxylation is 1. The molecule has 1 N–H and O–H groups in total. The van der Waals surface area contributed by atoms with E-state index < -0.39 is 41.0 Å². The molecule has 0 bridgehead atoms. The summed E-state index contributed by atoms with van der Waals surface area (Å²) in [6.45, 7) is 3.98. The Hall–Kier alpha value is -2.74. The second-order valence-electron chi connectivity index (χ2n) is 7.83. The van der Waals surface area contributed by atoms with Crippen LogP contribution in [0.15, 0.2) is 24.8 Å². The predicted molar refractivity (Wildman–Crippen MR) is 112 cm³/mol. The number of nitrogens with one attached hydrogen (secondary N) is 1. The van der Waals surface area contributed by atoms with Crippen molar-refractivity contribution < 1.29 is 22.3 Å². The van der Waals surface area contributed by atoms with Gasteiger partial charge in [-0.25, -0.2) is 23.5 Å². The fraction of sp³-hybridized carbons (Fsp3) is 0.450. The summed E-state index contributed by atoms with van der Waals surface area (Å²) in [7, 11) is 0. The summed E-state index contributed by atoms with van der Waals surface area (Å²) in [4.78, 5) is 12.2. The van der Waals surface area contributed by atoms with E-state index in [-0.39, 0.29) is 23.8 Å². The van der Waals surface area contributed by atoms with Crippen LogP contribution in [-0.4, -0.2) is 51.1 Å². The molecule has 4 heterocycles. The fourth-order valence-corrected chi connectivity index (χ4v) is 4.30. The first-order valence-corrected chi connectivity index (χ1v) is 11.4. The first kappa shape index (κ1) is 23.4. The SMILES string of the molecule is Cc1cnc([C@H](Cc2nnc([C@@H]3CCCO3)n2-c2c(F)cncc2F)[C@@H](C)NS(=O)[O-])nc1. The molecular formula is C20H22F2N7O3S-. The second kappa shape index (κ2) is 10.0. The Kier molecular flexibility index (Phi) is 7.12. The number of pyridine rings is 1. The number of nitrogens with zero attached hydrogens (tertiary/aromatic N) is 6. The zero-order chi connectivity index (χ0) is 23.5. The molecule has 1 unspecified atom stereocenters. The van der Waals surface area contributed by atoms with Crippen molar-refractivity contribution >= 4 is 11.3 Å². The third kappa shape index (κ3) is 5.11. The van der Waals surface area contributed by atoms with E-state index in [1.807, 2.05) is 6.92 Å². The van der Waals surface area contributed by atoms with Crippen molar-refractivity contribution in [1.29, 1.82) is 0 Å². The average Bonchev–Trinajstić information content (AvgIpc) is 3.42. The van der Waals surface area contributed by atoms with Crippen LogP contribution in [0.4, 0.5) is 8.78 Å². The summed E-state index contributed by atoms with van der Waals surface area (Å²) in [5, 5.41) is 8.39. The third-order valence-electron chi connectivity index (χ3n) is 5.45. The molecule has 0 spiro atoms. The van der Waals surface area contributed by atoms with Crippen molar-refractivity contribution in [3.05, 3.63) is 59.5 Å². The lowest BCUT2D eigenvalue weighted by molar-refractivity contribution is 0.103. The van der Waals surface area contributed by atoms with Crippen molar-refractivity contribution in [1.82, 2.24) is 34.4 Å². The van der Waals surface area contributed by atoms with Gasteiger partial charge in [0.25, 0.3) is 0 Å². The van der Waals surface area contributed by atoms with E-state index in [1.54, 1.807) is 19.3 Å². The van der Waals surface area contributed by atoms with Crippen LogP contribution in [0, 0.1) is 18.6 Å². The number of hydrogen-bond donors (Lipinski definition) is 1. The van der Waals surface area contributed by atoms with E-state index in [2.05, 4.69) is 29.9 Å². The molecule has 0 aromatic carbocycles. The molecule has 0 amide bonds. The highest BCUT2D eigenvalue weighted by Gasteiger charge is 2.32. The molecule has 0 aliphatic carbocycles. The van der Waals surface area contributed by atoms with E-state index >= 15 is 0 Å². The first-order chi connectivity index (χ1) is 15.8. The minimum Gasteiger partial charge on any atom is -0.760 e. The average molecular weight is 479 g/mol. The van der Waals surface area contributed by atoms with E-state index in [0.29, 0.717) is 18.9 Å². The van der Waals surface area contributed by atoms with Gasteiger partial charge in [-0.3, -0.25) is 13.8 Å². The van der Waals surface area contributed by atoms with Gasteiger partial charge in [0.1, 0.15) is 23.4 Å². The molecule has 4 atom stereocenters. The monoisotopic (exact) mass is 478 g/mol. The zero-order valence-electron chi connectivity index (χ0n) is 17.9. The van der Waals surface area contributed by atoms with Gasteiger partial charge in [-0.05, 0) is 32.3 Å². The highest BCUT2D eigenvalue weighted by molar-refractivity contribution is 7.77. The second-order valence-corrected chi connectivity index (χ2v) is 8.54. The molecule has 176 valence electrons. The maximum Gasteiger partial charge on any atom is 0.168 e. The van der Waals surface area contributed by atoms with Crippen molar-refractivity contribution in [3.8, 4) is 5.69 Å². The number of aromatic nitrogens is 6. The van der Waals surface area contributed by atoms with Crippen LogP contribution in [-0.2, 0) is 22.4 Å². The van der Waals surface area contributed by atoms with Gasteiger partial charge in [0, 0.05) is 48.6 Å². The Bertz CT molecular complexity index is 1120. The van der Waals surface area contributed by atoms with Crippen molar-refractivity contribution in [2.24, 2.45) is 0 Å².